The Labute approximate surface area is 143 Å². The maximum Gasteiger partial charge on any atom is 0.191 e. The van der Waals surface area contributed by atoms with Gasteiger partial charge in [-0.25, -0.2) is 0 Å². The van der Waals surface area contributed by atoms with Crippen molar-refractivity contribution in [1.29, 1.82) is 0 Å². The van der Waals surface area contributed by atoms with Crippen LogP contribution in [0.5, 0.6) is 0 Å². The van der Waals surface area contributed by atoms with Gasteiger partial charge in [-0.15, -0.1) is 0 Å². The Kier molecular flexibility index (Phi) is 5.88. The summed E-state index contributed by atoms with van der Waals surface area (Å²) in [4.78, 5) is 0. The van der Waals surface area contributed by atoms with Crippen molar-refractivity contribution in [2.75, 3.05) is 5.32 Å². The van der Waals surface area contributed by atoms with Crippen molar-refractivity contribution < 1.29 is 0 Å². The number of thiocarbonyl (C=S) groups is 1. The molecular formula is C19H23N3S. The molecule has 0 heterocycles. The molecule has 2 aromatic rings. The lowest BCUT2D eigenvalue weighted by Gasteiger charge is -2.10. The lowest BCUT2D eigenvalue weighted by atomic mass is 10.0. The second-order valence-electron chi connectivity index (χ2n) is 5.91. The van der Waals surface area contributed by atoms with Crippen LogP contribution in [0.25, 0.3) is 0 Å². The van der Waals surface area contributed by atoms with Gasteiger partial charge >= 0.3 is 0 Å². The minimum absolute atomic E-state index is 0.480. The van der Waals surface area contributed by atoms with Crippen molar-refractivity contribution in [2.45, 2.75) is 33.6 Å². The summed E-state index contributed by atoms with van der Waals surface area (Å²) in [6, 6.07) is 16.5. The summed E-state index contributed by atoms with van der Waals surface area (Å²) in [5.41, 5.74) is 8.35. The zero-order chi connectivity index (χ0) is 16.8. The number of nitrogens with zero attached hydrogens (tertiary/aromatic N) is 1. The zero-order valence-corrected chi connectivity index (χ0v) is 14.9. The molecule has 2 rings (SSSR count). The van der Waals surface area contributed by atoms with E-state index in [9.17, 15) is 0 Å². The van der Waals surface area contributed by atoms with Gasteiger partial charge in [0.25, 0.3) is 0 Å². The van der Waals surface area contributed by atoms with Crippen LogP contribution in [0.4, 0.5) is 5.69 Å². The van der Waals surface area contributed by atoms with Crippen LogP contribution in [0.15, 0.2) is 53.6 Å². The maximum atomic E-state index is 5.28. The summed E-state index contributed by atoms with van der Waals surface area (Å²) in [6.45, 7) is 8.38. The fourth-order valence-electron chi connectivity index (χ4n) is 2.10. The molecule has 0 aliphatic heterocycles. The molecule has 0 saturated carbocycles. The van der Waals surface area contributed by atoms with Crippen molar-refractivity contribution in [3.05, 3.63) is 65.2 Å². The smallest absolute Gasteiger partial charge is 0.191 e. The first-order valence-electron chi connectivity index (χ1n) is 7.74. The van der Waals surface area contributed by atoms with Crippen LogP contribution in [0.3, 0.4) is 0 Å². The number of aryl methyl sites for hydroxylation is 1. The quantitative estimate of drug-likeness (QED) is 0.480. The van der Waals surface area contributed by atoms with Gasteiger partial charge in [-0.1, -0.05) is 55.8 Å². The van der Waals surface area contributed by atoms with Crippen LogP contribution in [0, 0.1) is 6.92 Å². The summed E-state index contributed by atoms with van der Waals surface area (Å²) >= 11 is 5.28. The highest BCUT2D eigenvalue weighted by Crippen LogP contribution is 2.17. The lowest BCUT2D eigenvalue weighted by Crippen LogP contribution is -2.24. The van der Waals surface area contributed by atoms with Crippen LogP contribution in [0.2, 0.25) is 0 Å². The number of benzene rings is 2. The molecule has 0 unspecified atom stereocenters. The van der Waals surface area contributed by atoms with Gasteiger partial charge < -0.3 is 5.32 Å². The Morgan fingerprint density at radius 3 is 2.17 bits per heavy atom. The lowest BCUT2D eigenvalue weighted by molar-refractivity contribution is 0.867. The van der Waals surface area contributed by atoms with E-state index in [0.29, 0.717) is 11.0 Å². The van der Waals surface area contributed by atoms with Crippen LogP contribution in [0.1, 0.15) is 43.4 Å². The SMILES string of the molecule is C/C(=N/NC(=S)Nc1ccc(C(C)C)cc1)c1ccc(C)cc1. The van der Waals surface area contributed by atoms with E-state index in [-0.39, 0.29) is 0 Å². The highest BCUT2D eigenvalue weighted by molar-refractivity contribution is 7.80. The summed E-state index contributed by atoms with van der Waals surface area (Å²) in [6.07, 6.45) is 0. The maximum absolute atomic E-state index is 5.28. The highest BCUT2D eigenvalue weighted by atomic mass is 32.1. The van der Waals surface area contributed by atoms with E-state index in [1.807, 2.05) is 19.1 Å². The van der Waals surface area contributed by atoms with Gasteiger partial charge in [0.05, 0.1) is 5.71 Å². The van der Waals surface area contributed by atoms with Gasteiger partial charge in [-0.2, -0.15) is 5.10 Å². The molecule has 0 atom stereocenters. The van der Waals surface area contributed by atoms with Crippen LogP contribution < -0.4 is 10.7 Å². The minimum atomic E-state index is 0.480. The molecule has 0 fully saturated rings. The predicted octanol–water partition coefficient (Wildman–Crippen LogP) is 4.83. The van der Waals surface area contributed by atoms with Gasteiger partial charge in [0.1, 0.15) is 0 Å². The average molecular weight is 325 g/mol. The third-order valence-electron chi connectivity index (χ3n) is 3.63. The molecule has 4 heteroatoms. The van der Waals surface area contributed by atoms with Crippen molar-refractivity contribution >= 4 is 28.7 Å². The van der Waals surface area contributed by atoms with E-state index < -0.39 is 0 Å². The molecular weight excluding hydrogens is 302 g/mol. The van der Waals surface area contributed by atoms with Gasteiger partial charge in [0.2, 0.25) is 0 Å². The van der Waals surface area contributed by atoms with Gasteiger partial charge in [0, 0.05) is 5.69 Å². The molecule has 0 bridgehead atoms. The number of hydrogen-bond acceptors (Lipinski definition) is 2. The highest BCUT2D eigenvalue weighted by Gasteiger charge is 2.01. The topological polar surface area (TPSA) is 36.4 Å². The van der Waals surface area contributed by atoms with Crippen LogP contribution in [-0.2, 0) is 0 Å². The molecule has 0 spiro atoms. The first-order chi connectivity index (χ1) is 11.0. The first-order valence-corrected chi connectivity index (χ1v) is 8.15. The van der Waals surface area contributed by atoms with E-state index in [1.165, 1.54) is 11.1 Å². The number of anilines is 1. The van der Waals surface area contributed by atoms with Crippen molar-refractivity contribution in [3.63, 3.8) is 0 Å². The first kappa shape index (κ1) is 17.2. The summed E-state index contributed by atoms with van der Waals surface area (Å²) in [7, 11) is 0. The molecule has 120 valence electrons. The average Bonchev–Trinajstić information content (AvgIpc) is 2.54. The van der Waals surface area contributed by atoms with Crippen molar-refractivity contribution in [1.82, 2.24) is 5.43 Å². The molecule has 2 aromatic carbocycles. The molecule has 0 amide bonds. The second kappa shape index (κ2) is 7.88. The Morgan fingerprint density at radius 1 is 1.00 bits per heavy atom. The van der Waals surface area contributed by atoms with E-state index in [0.717, 1.165) is 17.0 Å². The Balaban J connectivity index is 1.93. The molecule has 0 saturated heterocycles. The normalized spacial score (nSPS) is 11.4. The van der Waals surface area contributed by atoms with E-state index >= 15 is 0 Å². The summed E-state index contributed by atoms with van der Waals surface area (Å²) in [5.74, 6) is 0.524. The fraction of sp³-hybridized carbons (Fsp3) is 0.263. The predicted molar refractivity (Wildman–Crippen MR) is 103 cm³/mol. The molecule has 0 aliphatic carbocycles. The summed E-state index contributed by atoms with van der Waals surface area (Å²) in [5, 5.41) is 7.95. The van der Waals surface area contributed by atoms with E-state index in [4.69, 9.17) is 12.2 Å². The Morgan fingerprint density at radius 2 is 1.61 bits per heavy atom. The number of hydrazone groups is 1. The molecule has 23 heavy (non-hydrogen) atoms. The van der Waals surface area contributed by atoms with Crippen molar-refractivity contribution in [3.8, 4) is 0 Å². The Bertz CT molecular complexity index is 686. The van der Waals surface area contributed by atoms with E-state index in [1.54, 1.807) is 0 Å². The molecule has 2 N–H and O–H groups in total. The summed E-state index contributed by atoms with van der Waals surface area (Å²) < 4.78 is 0. The molecule has 0 radical (unpaired) electrons. The number of rotatable bonds is 4. The fourth-order valence-corrected chi connectivity index (χ4v) is 2.27. The zero-order valence-electron chi connectivity index (χ0n) is 14.1. The molecule has 0 aromatic heterocycles. The van der Waals surface area contributed by atoms with Gasteiger partial charge in [-0.05, 0) is 55.2 Å². The Hall–Kier alpha value is -2.20. The van der Waals surface area contributed by atoms with Crippen molar-refractivity contribution in [2.24, 2.45) is 5.10 Å². The number of nitrogens with one attached hydrogen (secondary N) is 2. The van der Waals surface area contributed by atoms with Crippen LogP contribution >= 0.6 is 12.2 Å². The van der Waals surface area contributed by atoms with Gasteiger partial charge in [0.15, 0.2) is 5.11 Å². The van der Waals surface area contributed by atoms with Crippen LogP contribution in [-0.4, -0.2) is 10.8 Å². The minimum Gasteiger partial charge on any atom is -0.331 e. The van der Waals surface area contributed by atoms with Gasteiger partial charge in [-0.3, -0.25) is 5.43 Å². The largest absolute Gasteiger partial charge is 0.331 e. The monoisotopic (exact) mass is 325 g/mol. The molecule has 3 nitrogen and oxygen atoms in total. The third-order valence-corrected chi connectivity index (χ3v) is 3.82. The second-order valence-corrected chi connectivity index (χ2v) is 6.31. The van der Waals surface area contributed by atoms with E-state index in [2.05, 4.69) is 73.0 Å². The standard InChI is InChI=1S/C19H23N3S/c1-13(2)16-9-11-18(12-10-16)20-19(23)22-21-15(4)17-7-5-14(3)6-8-17/h5-13H,1-4H3,(H2,20,22,23)/b21-15-. The number of hydrogen-bond donors (Lipinski definition) is 2. The third kappa shape index (κ3) is 5.18. The molecule has 0 aliphatic rings.